The number of aryl methyl sites for hydroxylation is 1. The number of hydrogen-bond acceptors (Lipinski definition) is 3. The molecule has 0 bridgehead atoms. The van der Waals surface area contributed by atoms with E-state index in [9.17, 15) is 9.90 Å². The molecule has 1 amide bonds. The van der Waals surface area contributed by atoms with E-state index in [1.54, 1.807) is 6.92 Å². The van der Waals surface area contributed by atoms with Gasteiger partial charge in [0.2, 0.25) is 0 Å². The van der Waals surface area contributed by atoms with Gasteiger partial charge in [0, 0.05) is 12.7 Å². The van der Waals surface area contributed by atoms with Crippen molar-refractivity contribution in [3.63, 3.8) is 0 Å². The number of carbonyl (C=O) groups is 1. The number of nitrogens with one attached hydrogen (secondary N) is 1. The molecule has 1 aromatic carbocycles. The summed E-state index contributed by atoms with van der Waals surface area (Å²) in [5.41, 5.74) is 2.41. The molecular formula is C19H22N2O2. The van der Waals surface area contributed by atoms with Gasteiger partial charge in [-0.1, -0.05) is 36.8 Å². The van der Waals surface area contributed by atoms with Gasteiger partial charge in [-0.2, -0.15) is 0 Å². The van der Waals surface area contributed by atoms with Gasteiger partial charge in [-0.15, -0.1) is 0 Å². The Morgan fingerprint density at radius 1 is 1.30 bits per heavy atom. The van der Waals surface area contributed by atoms with Gasteiger partial charge in [0.25, 0.3) is 5.91 Å². The predicted molar refractivity (Wildman–Crippen MR) is 89.4 cm³/mol. The van der Waals surface area contributed by atoms with E-state index in [0.717, 1.165) is 19.3 Å². The lowest BCUT2D eigenvalue weighted by Gasteiger charge is -2.42. The zero-order valence-corrected chi connectivity index (χ0v) is 13.4. The molecule has 0 unspecified atom stereocenters. The number of aromatic nitrogens is 1. The normalized spacial score (nSPS) is 15.7. The first-order chi connectivity index (χ1) is 11.1. The Bertz CT molecular complexity index is 694. The third kappa shape index (κ3) is 3.52. The summed E-state index contributed by atoms with van der Waals surface area (Å²) in [5.74, 6) is -0.118. The highest BCUT2D eigenvalue weighted by atomic mass is 16.3. The number of hydrogen-bond donors (Lipinski definition) is 2. The monoisotopic (exact) mass is 310 g/mol. The zero-order valence-electron chi connectivity index (χ0n) is 13.4. The molecule has 120 valence electrons. The van der Waals surface area contributed by atoms with Crippen LogP contribution >= 0.6 is 0 Å². The molecule has 0 saturated heterocycles. The van der Waals surface area contributed by atoms with Crippen LogP contribution < -0.4 is 5.32 Å². The molecule has 2 N–H and O–H groups in total. The van der Waals surface area contributed by atoms with Gasteiger partial charge in [0.05, 0.1) is 11.3 Å². The minimum Gasteiger partial charge on any atom is -0.506 e. The SMILES string of the molecule is Cc1ncc(C(=O)NCC2(Cc3ccccc3)CCC2)cc1O. The standard InChI is InChI=1S/C19H22N2O2/c1-14-17(22)10-16(12-20-14)18(23)21-13-19(8-5-9-19)11-15-6-3-2-4-7-15/h2-4,6-7,10,12,22H,5,8-9,11,13H2,1H3,(H,21,23). The maximum Gasteiger partial charge on any atom is 0.253 e. The van der Waals surface area contributed by atoms with Crippen LogP contribution in [0.1, 0.15) is 40.9 Å². The fourth-order valence-electron chi connectivity index (χ4n) is 3.14. The Balaban J connectivity index is 1.63. The lowest BCUT2D eigenvalue weighted by molar-refractivity contribution is 0.0859. The molecule has 23 heavy (non-hydrogen) atoms. The van der Waals surface area contributed by atoms with E-state index in [2.05, 4.69) is 34.6 Å². The lowest BCUT2D eigenvalue weighted by Crippen LogP contribution is -2.43. The van der Waals surface area contributed by atoms with E-state index in [4.69, 9.17) is 0 Å². The van der Waals surface area contributed by atoms with Crippen LogP contribution in [0.25, 0.3) is 0 Å². The third-order valence-electron chi connectivity index (χ3n) is 4.78. The van der Waals surface area contributed by atoms with Gasteiger partial charge in [-0.05, 0) is 43.2 Å². The molecule has 0 aliphatic heterocycles. The fraction of sp³-hybridized carbons (Fsp3) is 0.368. The molecule has 0 atom stereocenters. The first-order valence-corrected chi connectivity index (χ1v) is 8.06. The molecule has 4 nitrogen and oxygen atoms in total. The van der Waals surface area contributed by atoms with Gasteiger partial charge in [0.1, 0.15) is 5.75 Å². The Hall–Kier alpha value is -2.36. The number of pyridine rings is 1. The van der Waals surface area contributed by atoms with E-state index in [1.807, 2.05) is 6.07 Å². The van der Waals surface area contributed by atoms with Crippen LogP contribution in [-0.2, 0) is 6.42 Å². The van der Waals surface area contributed by atoms with Crippen molar-refractivity contribution in [1.82, 2.24) is 10.3 Å². The summed E-state index contributed by atoms with van der Waals surface area (Å²) in [6.07, 6.45) is 6.00. The van der Waals surface area contributed by atoms with Crippen molar-refractivity contribution >= 4 is 5.91 Å². The topological polar surface area (TPSA) is 62.2 Å². The summed E-state index contributed by atoms with van der Waals surface area (Å²) in [5, 5.41) is 12.7. The summed E-state index contributed by atoms with van der Waals surface area (Å²) >= 11 is 0. The zero-order chi connectivity index (χ0) is 16.3. The van der Waals surface area contributed by atoms with Crippen LogP contribution in [0.5, 0.6) is 5.75 Å². The maximum atomic E-state index is 12.3. The van der Waals surface area contributed by atoms with Crippen LogP contribution in [0.3, 0.4) is 0 Å². The smallest absolute Gasteiger partial charge is 0.253 e. The highest BCUT2D eigenvalue weighted by molar-refractivity contribution is 5.94. The fourth-order valence-corrected chi connectivity index (χ4v) is 3.14. The highest BCUT2D eigenvalue weighted by Crippen LogP contribution is 2.43. The Labute approximate surface area is 136 Å². The second-order valence-electron chi connectivity index (χ2n) is 6.53. The van der Waals surface area contributed by atoms with Crippen molar-refractivity contribution in [2.45, 2.75) is 32.6 Å². The van der Waals surface area contributed by atoms with Crippen molar-refractivity contribution in [1.29, 1.82) is 0 Å². The molecule has 1 heterocycles. The van der Waals surface area contributed by atoms with Gasteiger partial charge >= 0.3 is 0 Å². The van der Waals surface area contributed by atoms with Crippen LogP contribution in [-0.4, -0.2) is 22.5 Å². The second kappa shape index (κ2) is 6.41. The molecule has 1 fully saturated rings. The first kappa shape index (κ1) is 15.5. The first-order valence-electron chi connectivity index (χ1n) is 8.06. The number of rotatable bonds is 5. The average Bonchev–Trinajstić information content (AvgIpc) is 2.53. The second-order valence-corrected chi connectivity index (χ2v) is 6.53. The molecule has 0 radical (unpaired) electrons. The highest BCUT2D eigenvalue weighted by Gasteiger charge is 2.37. The van der Waals surface area contributed by atoms with E-state index in [1.165, 1.54) is 24.2 Å². The van der Waals surface area contributed by atoms with Gasteiger partial charge in [-0.25, -0.2) is 0 Å². The number of benzene rings is 1. The van der Waals surface area contributed by atoms with E-state index in [0.29, 0.717) is 17.8 Å². The largest absolute Gasteiger partial charge is 0.506 e. The van der Waals surface area contributed by atoms with Gasteiger partial charge in [0.15, 0.2) is 0 Å². The Morgan fingerprint density at radius 3 is 2.65 bits per heavy atom. The molecule has 1 aromatic heterocycles. The maximum absolute atomic E-state index is 12.3. The Kier molecular flexibility index (Phi) is 4.33. The molecule has 1 aliphatic rings. The molecule has 4 heteroatoms. The summed E-state index contributed by atoms with van der Waals surface area (Å²) in [7, 11) is 0. The van der Waals surface area contributed by atoms with E-state index < -0.39 is 0 Å². The molecule has 2 aromatic rings. The minimum atomic E-state index is -0.174. The number of amides is 1. The minimum absolute atomic E-state index is 0.0558. The number of nitrogens with zero attached hydrogens (tertiary/aromatic N) is 1. The van der Waals surface area contributed by atoms with Crippen molar-refractivity contribution in [3.05, 3.63) is 59.4 Å². The van der Waals surface area contributed by atoms with Crippen molar-refractivity contribution < 1.29 is 9.90 Å². The van der Waals surface area contributed by atoms with Crippen molar-refractivity contribution in [3.8, 4) is 5.75 Å². The van der Waals surface area contributed by atoms with Crippen LogP contribution in [0.2, 0.25) is 0 Å². The molecule has 3 rings (SSSR count). The Morgan fingerprint density at radius 2 is 2.04 bits per heavy atom. The van der Waals surface area contributed by atoms with Gasteiger partial charge in [-0.3, -0.25) is 9.78 Å². The van der Waals surface area contributed by atoms with E-state index in [-0.39, 0.29) is 17.1 Å². The van der Waals surface area contributed by atoms with Crippen molar-refractivity contribution in [2.24, 2.45) is 5.41 Å². The van der Waals surface area contributed by atoms with Crippen molar-refractivity contribution in [2.75, 3.05) is 6.54 Å². The van der Waals surface area contributed by atoms with E-state index >= 15 is 0 Å². The van der Waals surface area contributed by atoms with Gasteiger partial charge < -0.3 is 10.4 Å². The molecule has 1 saturated carbocycles. The average molecular weight is 310 g/mol. The van der Waals surface area contributed by atoms with Crippen LogP contribution in [0.4, 0.5) is 0 Å². The van der Waals surface area contributed by atoms with Crippen LogP contribution in [0, 0.1) is 12.3 Å². The molecule has 0 spiro atoms. The molecular weight excluding hydrogens is 288 g/mol. The number of carbonyl (C=O) groups excluding carboxylic acids is 1. The van der Waals surface area contributed by atoms with Crippen LogP contribution in [0.15, 0.2) is 42.6 Å². The summed E-state index contributed by atoms with van der Waals surface area (Å²) in [6.45, 7) is 2.37. The molecule has 1 aliphatic carbocycles. The summed E-state index contributed by atoms with van der Waals surface area (Å²) in [6, 6.07) is 11.9. The lowest BCUT2D eigenvalue weighted by atomic mass is 9.65. The predicted octanol–water partition coefficient (Wildman–Crippen LogP) is 3.24. The number of aromatic hydroxyl groups is 1. The summed E-state index contributed by atoms with van der Waals surface area (Å²) < 4.78 is 0. The quantitative estimate of drug-likeness (QED) is 0.891. The summed E-state index contributed by atoms with van der Waals surface area (Å²) in [4.78, 5) is 16.3. The third-order valence-corrected chi connectivity index (χ3v) is 4.78.